The van der Waals surface area contributed by atoms with Crippen molar-refractivity contribution in [3.63, 3.8) is 0 Å². The van der Waals surface area contributed by atoms with Gasteiger partial charge >= 0.3 is 0 Å². The first-order valence-electron chi connectivity index (χ1n) is 8.00. The summed E-state index contributed by atoms with van der Waals surface area (Å²) in [4.78, 5) is 6.95. The maximum absolute atomic E-state index is 4.32. The molecule has 0 aliphatic carbocycles. The molecule has 0 saturated carbocycles. The largest absolute Gasteiger partial charge is 0.315 e. The molecule has 1 unspecified atom stereocenters. The minimum absolute atomic E-state index is 0.683. The van der Waals surface area contributed by atoms with E-state index in [1.165, 1.54) is 36.9 Å². The highest BCUT2D eigenvalue weighted by molar-refractivity contribution is 5.16. The van der Waals surface area contributed by atoms with Crippen molar-refractivity contribution in [2.45, 2.75) is 52.6 Å². The van der Waals surface area contributed by atoms with Crippen molar-refractivity contribution in [1.29, 1.82) is 0 Å². The lowest BCUT2D eigenvalue weighted by atomic mass is 10.0. The van der Waals surface area contributed by atoms with Gasteiger partial charge < -0.3 is 5.32 Å². The molecule has 112 valence electrons. The van der Waals surface area contributed by atoms with Crippen LogP contribution in [0.15, 0.2) is 18.5 Å². The first kappa shape index (κ1) is 15.5. The average Bonchev–Trinajstić information content (AvgIpc) is 2.40. The van der Waals surface area contributed by atoms with Crippen LogP contribution in [-0.4, -0.2) is 35.6 Å². The molecule has 1 aromatic rings. The summed E-state index contributed by atoms with van der Waals surface area (Å²) in [5, 5.41) is 3.62. The quantitative estimate of drug-likeness (QED) is 0.865. The number of pyridine rings is 1. The summed E-state index contributed by atoms with van der Waals surface area (Å²) in [5.41, 5.74) is 2.61. The van der Waals surface area contributed by atoms with Crippen molar-refractivity contribution in [3.8, 4) is 0 Å². The third-order valence-electron chi connectivity index (χ3n) is 4.00. The zero-order chi connectivity index (χ0) is 14.4. The number of aryl methyl sites for hydroxylation is 1. The van der Waals surface area contributed by atoms with Crippen LogP contribution in [0.5, 0.6) is 0 Å². The Labute approximate surface area is 123 Å². The molecule has 2 heterocycles. The van der Waals surface area contributed by atoms with Gasteiger partial charge in [-0.2, -0.15) is 0 Å². The number of aromatic nitrogens is 1. The lowest BCUT2D eigenvalue weighted by Crippen LogP contribution is -2.45. The molecular weight excluding hydrogens is 246 g/mol. The van der Waals surface area contributed by atoms with Crippen LogP contribution in [0.3, 0.4) is 0 Å². The fourth-order valence-corrected chi connectivity index (χ4v) is 2.98. The van der Waals surface area contributed by atoms with E-state index >= 15 is 0 Å². The van der Waals surface area contributed by atoms with Gasteiger partial charge in [-0.3, -0.25) is 9.88 Å². The normalized spacial score (nSPS) is 20.5. The van der Waals surface area contributed by atoms with E-state index in [0.717, 1.165) is 25.6 Å². The summed E-state index contributed by atoms with van der Waals surface area (Å²) in [6.45, 7) is 11.2. The number of nitrogens with zero attached hydrogens (tertiary/aromatic N) is 2. The predicted molar refractivity (Wildman–Crippen MR) is 84.7 cm³/mol. The van der Waals surface area contributed by atoms with Gasteiger partial charge in [0.15, 0.2) is 0 Å². The number of piperidine rings is 1. The summed E-state index contributed by atoms with van der Waals surface area (Å²) >= 11 is 0. The van der Waals surface area contributed by atoms with E-state index in [9.17, 15) is 0 Å². The molecule has 3 nitrogen and oxygen atoms in total. The maximum atomic E-state index is 4.32. The van der Waals surface area contributed by atoms with E-state index < -0.39 is 0 Å². The van der Waals surface area contributed by atoms with Crippen LogP contribution < -0.4 is 5.32 Å². The van der Waals surface area contributed by atoms with Gasteiger partial charge in [-0.1, -0.05) is 26.3 Å². The van der Waals surface area contributed by atoms with E-state index in [0.29, 0.717) is 6.04 Å². The van der Waals surface area contributed by atoms with Crippen molar-refractivity contribution < 1.29 is 0 Å². The van der Waals surface area contributed by atoms with E-state index in [2.05, 4.69) is 42.0 Å². The van der Waals surface area contributed by atoms with E-state index in [1.54, 1.807) is 0 Å². The molecule has 0 bridgehead atoms. The van der Waals surface area contributed by atoms with Crippen LogP contribution in [0.2, 0.25) is 0 Å². The summed E-state index contributed by atoms with van der Waals surface area (Å²) in [5.74, 6) is 0.730. The lowest BCUT2D eigenvalue weighted by Gasteiger charge is -2.36. The van der Waals surface area contributed by atoms with Crippen molar-refractivity contribution in [2.24, 2.45) is 5.92 Å². The van der Waals surface area contributed by atoms with E-state index in [4.69, 9.17) is 0 Å². The van der Waals surface area contributed by atoms with Gasteiger partial charge in [0.05, 0.1) is 0 Å². The summed E-state index contributed by atoms with van der Waals surface area (Å²) in [6, 6.07) is 2.95. The van der Waals surface area contributed by atoms with Crippen LogP contribution in [0.25, 0.3) is 0 Å². The molecule has 0 spiro atoms. The highest BCUT2D eigenvalue weighted by Crippen LogP contribution is 2.19. The van der Waals surface area contributed by atoms with E-state index in [1.807, 2.05) is 12.4 Å². The molecule has 0 amide bonds. The standard InChI is InChI=1S/C17H29N3/c1-14(2)9-18-12-17-6-4-5-7-20(17)13-16-8-15(3)10-19-11-16/h8,10-11,14,17-18H,4-7,9,12-13H2,1-3H3. The SMILES string of the molecule is Cc1cncc(CN2CCCCC2CNCC(C)C)c1. The van der Waals surface area contributed by atoms with Crippen LogP contribution >= 0.6 is 0 Å². The molecule has 1 aliphatic rings. The highest BCUT2D eigenvalue weighted by atomic mass is 15.2. The zero-order valence-electron chi connectivity index (χ0n) is 13.2. The van der Waals surface area contributed by atoms with Gasteiger partial charge in [0.2, 0.25) is 0 Å². The Kier molecular flexibility index (Phi) is 5.99. The van der Waals surface area contributed by atoms with Crippen LogP contribution in [-0.2, 0) is 6.54 Å². The lowest BCUT2D eigenvalue weighted by molar-refractivity contribution is 0.136. The van der Waals surface area contributed by atoms with Gasteiger partial charge in [0, 0.05) is 31.5 Å². The predicted octanol–water partition coefficient (Wildman–Crippen LogP) is 2.99. The van der Waals surface area contributed by atoms with Gasteiger partial charge in [0.25, 0.3) is 0 Å². The minimum Gasteiger partial charge on any atom is -0.315 e. The summed E-state index contributed by atoms with van der Waals surface area (Å²) in [6.07, 6.45) is 7.97. The maximum Gasteiger partial charge on any atom is 0.0313 e. The fourth-order valence-electron chi connectivity index (χ4n) is 2.98. The van der Waals surface area contributed by atoms with Crippen molar-refractivity contribution in [2.75, 3.05) is 19.6 Å². The molecule has 1 aliphatic heterocycles. The third kappa shape index (κ3) is 4.88. The van der Waals surface area contributed by atoms with Gasteiger partial charge in [0.1, 0.15) is 0 Å². The van der Waals surface area contributed by atoms with Crippen molar-refractivity contribution >= 4 is 0 Å². The molecule has 0 aromatic carbocycles. The number of hydrogen-bond donors (Lipinski definition) is 1. The molecule has 1 fully saturated rings. The summed E-state index contributed by atoms with van der Waals surface area (Å²) in [7, 11) is 0. The molecular formula is C17H29N3. The molecule has 1 saturated heterocycles. The average molecular weight is 275 g/mol. The number of nitrogens with one attached hydrogen (secondary N) is 1. The third-order valence-corrected chi connectivity index (χ3v) is 4.00. The van der Waals surface area contributed by atoms with Crippen LogP contribution in [0.4, 0.5) is 0 Å². The number of rotatable bonds is 6. The van der Waals surface area contributed by atoms with Gasteiger partial charge in [-0.15, -0.1) is 0 Å². The van der Waals surface area contributed by atoms with Gasteiger partial charge in [-0.05, 0) is 49.9 Å². The fraction of sp³-hybridized carbons (Fsp3) is 0.706. The molecule has 20 heavy (non-hydrogen) atoms. The molecule has 1 N–H and O–H groups in total. The summed E-state index contributed by atoms with van der Waals surface area (Å²) < 4.78 is 0. The molecule has 0 radical (unpaired) electrons. The van der Waals surface area contributed by atoms with Crippen molar-refractivity contribution in [3.05, 3.63) is 29.6 Å². The van der Waals surface area contributed by atoms with E-state index in [-0.39, 0.29) is 0 Å². The van der Waals surface area contributed by atoms with Crippen molar-refractivity contribution in [1.82, 2.24) is 15.2 Å². The first-order chi connectivity index (χ1) is 9.65. The second-order valence-electron chi connectivity index (χ2n) is 6.54. The molecule has 1 aromatic heterocycles. The van der Waals surface area contributed by atoms with Crippen LogP contribution in [0.1, 0.15) is 44.2 Å². The Balaban J connectivity index is 1.89. The van der Waals surface area contributed by atoms with Crippen LogP contribution in [0, 0.1) is 12.8 Å². The minimum atomic E-state index is 0.683. The monoisotopic (exact) mass is 275 g/mol. The van der Waals surface area contributed by atoms with Gasteiger partial charge in [-0.25, -0.2) is 0 Å². The smallest absolute Gasteiger partial charge is 0.0313 e. The Morgan fingerprint density at radius 2 is 2.20 bits per heavy atom. The zero-order valence-corrected chi connectivity index (χ0v) is 13.2. The number of likely N-dealkylation sites (tertiary alicyclic amines) is 1. The number of hydrogen-bond acceptors (Lipinski definition) is 3. The topological polar surface area (TPSA) is 28.2 Å². The molecule has 1 atom stereocenters. The Morgan fingerprint density at radius 3 is 2.95 bits per heavy atom. The highest BCUT2D eigenvalue weighted by Gasteiger charge is 2.22. The molecule has 2 rings (SSSR count). The molecule has 3 heteroatoms. The Bertz CT molecular complexity index is 403. The first-order valence-corrected chi connectivity index (χ1v) is 8.00. The Morgan fingerprint density at radius 1 is 1.35 bits per heavy atom. The second-order valence-corrected chi connectivity index (χ2v) is 6.54. The second kappa shape index (κ2) is 7.75. The Hall–Kier alpha value is -0.930.